The van der Waals surface area contributed by atoms with E-state index >= 15 is 0 Å². The molecule has 9 heavy (non-hydrogen) atoms. The van der Waals surface area contributed by atoms with Crippen molar-refractivity contribution in [2.24, 2.45) is 0 Å². The van der Waals surface area contributed by atoms with Gasteiger partial charge in [-0.05, 0) is 6.42 Å². The standard InChI is InChI=1S/C6H13NS2/c1-4-5(8)6(9)7(2)3/h5,8H,4H2,1-3H3. The van der Waals surface area contributed by atoms with Crippen LogP contribution < -0.4 is 0 Å². The molecule has 0 amide bonds. The Balaban J connectivity index is 3.73. The van der Waals surface area contributed by atoms with E-state index in [0.29, 0.717) is 0 Å². The van der Waals surface area contributed by atoms with Crippen molar-refractivity contribution >= 4 is 29.8 Å². The van der Waals surface area contributed by atoms with Gasteiger partial charge in [-0.2, -0.15) is 12.6 Å². The Bertz CT molecular complexity index is 101. The number of thiocarbonyl (C=S) groups is 1. The zero-order valence-corrected chi connectivity index (χ0v) is 7.80. The predicted molar refractivity (Wildman–Crippen MR) is 49.4 cm³/mol. The van der Waals surface area contributed by atoms with Gasteiger partial charge in [0.25, 0.3) is 0 Å². The summed E-state index contributed by atoms with van der Waals surface area (Å²) in [6, 6.07) is 0. The SMILES string of the molecule is CCC(S)C(=S)N(C)C. The molecular weight excluding hydrogens is 150 g/mol. The van der Waals surface area contributed by atoms with Crippen LogP contribution in [0.4, 0.5) is 0 Å². The molecule has 0 spiro atoms. The zero-order chi connectivity index (χ0) is 7.44. The first-order valence-corrected chi connectivity index (χ1v) is 3.91. The number of nitrogens with zero attached hydrogens (tertiary/aromatic N) is 1. The molecule has 0 aliphatic carbocycles. The van der Waals surface area contributed by atoms with E-state index in [4.69, 9.17) is 12.2 Å². The maximum absolute atomic E-state index is 5.05. The molecule has 0 aliphatic rings. The van der Waals surface area contributed by atoms with Crippen molar-refractivity contribution in [2.45, 2.75) is 18.6 Å². The van der Waals surface area contributed by atoms with E-state index in [0.717, 1.165) is 11.4 Å². The molecule has 0 aromatic carbocycles. The normalized spacial score (nSPS) is 12.9. The highest BCUT2D eigenvalue weighted by molar-refractivity contribution is 7.86. The summed E-state index contributed by atoms with van der Waals surface area (Å²) in [5, 5.41) is 0.245. The van der Waals surface area contributed by atoms with Crippen LogP contribution in [0.5, 0.6) is 0 Å². The maximum atomic E-state index is 5.05. The number of thiol groups is 1. The van der Waals surface area contributed by atoms with E-state index < -0.39 is 0 Å². The first-order valence-electron chi connectivity index (χ1n) is 2.98. The average molecular weight is 163 g/mol. The monoisotopic (exact) mass is 163 g/mol. The molecule has 0 heterocycles. The van der Waals surface area contributed by atoms with Gasteiger partial charge in [-0.15, -0.1) is 0 Å². The van der Waals surface area contributed by atoms with Crippen LogP contribution in [0.2, 0.25) is 0 Å². The van der Waals surface area contributed by atoms with Crippen molar-refractivity contribution in [2.75, 3.05) is 14.1 Å². The van der Waals surface area contributed by atoms with Gasteiger partial charge < -0.3 is 4.90 Å². The topological polar surface area (TPSA) is 3.24 Å². The van der Waals surface area contributed by atoms with Crippen LogP contribution >= 0.6 is 24.8 Å². The molecule has 0 aromatic heterocycles. The quantitative estimate of drug-likeness (QED) is 0.486. The first kappa shape index (κ1) is 9.24. The van der Waals surface area contributed by atoms with Crippen molar-refractivity contribution in [3.05, 3.63) is 0 Å². The lowest BCUT2D eigenvalue weighted by Crippen LogP contribution is -2.27. The molecule has 0 bridgehead atoms. The summed E-state index contributed by atoms with van der Waals surface area (Å²) in [6.45, 7) is 2.08. The smallest absolute Gasteiger partial charge is 0.0903 e. The minimum Gasteiger partial charge on any atom is -0.371 e. The van der Waals surface area contributed by atoms with Gasteiger partial charge in [-0.1, -0.05) is 19.1 Å². The first-order chi connectivity index (χ1) is 4.09. The summed E-state index contributed by atoms with van der Waals surface area (Å²) >= 11 is 9.33. The Morgan fingerprint density at radius 2 is 2.11 bits per heavy atom. The molecule has 54 valence electrons. The van der Waals surface area contributed by atoms with Gasteiger partial charge in [0, 0.05) is 14.1 Å². The van der Waals surface area contributed by atoms with E-state index in [2.05, 4.69) is 19.6 Å². The van der Waals surface area contributed by atoms with Crippen LogP contribution in [0.15, 0.2) is 0 Å². The lowest BCUT2D eigenvalue weighted by molar-refractivity contribution is 0.618. The molecule has 1 nitrogen and oxygen atoms in total. The zero-order valence-electron chi connectivity index (χ0n) is 6.09. The number of hydrogen-bond donors (Lipinski definition) is 1. The van der Waals surface area contributed by atoms with Crippen molar-refractivity contribution in [1.29, 1.82) is 0 Å². The van der Waals surface area contributed by atoms with Crippen LogP contribution in [0.1, 0.15) is 13.3 Å². The highest BCUT2D eigenvalue weighted by Crippen LogP contribution is 2.04. The summed E-state index contributed by atoms with van der Waals surface area (Å²) in [4.78, 5) is 2.84. The van der Waals surface area contributed by atoms with Crippen molar-refractivity contribution in [3.63, 3.8) is 0 Å². The molecule has 0 fully saturated rings. The molecule has 0 saturated heterocycles. The second-order valence-electron chi connectivity index (χ2n) is 2.16. The highest BCUT2D eigenvalue weighted by Gasteiger charge is 2.07. The average Bonchev–Trinajstić information content (AvgIpc) is 1.84. The summed E-state index contributed by atoms with van der Waals surface area (Å²) in [6.07, 6.45) is 1.00. The van der Waals surface area contributed by atoms with Crippen molar-refractivity contribution in [3.8, 4) is 0 Å². The molecule has 0 rings (SSSR count). The third-order valence-corrected chi connectivity index (χ3v) is 2.55. The fraction of sp³-hybridized carbons (Fsp3) is 0.833. The Hall–Kier alpha value is 0.240. The fourth-order valence-corrected chi connectivity index (χ4v) is 0.870. The van der Waals surface area contributed by atoms with Gasteiger partial charge in [-0.3, -0.25) is 0 Å². The minimum absolute atomic E-state index is 0.245. The van der Waals surface area contributed by atoms with Gasteiger partial charge in [0.2, 0.25) is 0 Å². The van der Waals surface area contributed by atoms with Crippen LogP contribution in [0.3, 0.4) is 0 Å². The Labute approximate surface area is 67.8 Å². The second-order valence-corrected chi connectivity index (χ2v) is 3.20. The highest BCUT2D eigenvalue weighted by atomic mass is 32.1. The van der Waals surface area contributed by atoms with Gasteiger partial charge in [0.05, 0.1) is 10.2 Å². The van der Waals surface area contributed by atoms with Gasteiger partial charge in [0.1, 0.15) is 0 Å². The number of hydrogen-bond acceptors (Lipinski definition) is 2. The van der Waals surface area contributed by atoms with E-state index in [1.807, 2.05) is 19.0 Å². The van der Waals surface area contributed by atoms with Crippen LogP contribution in [0.25, 0.3) is 0 Å². The van der Waals surface area contributed by atoms with Crippen LogP contribution in [0, 0.1) is 0 Å². The number of rotatable bonds is 2. The Morgan fingerprint density at radius 1 is 1.67 bits per heavy atom. The lowest BCUT2D eigenvalue weighted by Gasteiger charge is -2.17. The third kappa shape index (κ3) is 3.06. The third-order valence-electron chi connectivity index (χ3n) is 1.11. The van der Waals surface area contributed by atoms with Gasteiger partial charge >= 0.3 is 0 Å². The van der Waals surface area contributed by atoms with E-state index in [1.165, 1.54) is 0 Å². The fourth-order valence-electron chi connectivity index (χ4n) is 0.473. The van der Waals surface area contributed by atoms with E-state index in [1.54, 1.807) is 0 Å². The van der Waals surface area contributed by atoms with Crippen molar-refractivity contribution < 1.29 is 0 Å². The molecule has 3 heteroatoms. The summed E-state index contributed by atoms with van der Waals surface area (Å²) < 4.78 is 0. The largest absolute Gasteiger partial charge is 0.371 e. The summed E-state index contributed by atoms with van der Waals surface area (Å²) in [5.41, 5.74) is 0. The van der Waals surface area contributed by atoms with Crippen LogP contribution in [-0.4, -0.2) is 29.2 Å². The molecule has 1 atom stereocenters. The van der Waals surface area contributed by atoms with Gasteiger partial charge in [0.15, 0.2) is 0 Å². The molecule has 1 unspecified atom stereocenters. The Kier molecular flexibility index (Phi) is 4.23. The molecule has 0 saturated carbocycles. The van der Waals surface area contributed by atoms with E-state index in [9.17, 15) is 0 Å². The van der Waals surface area contributed by atoms with Gasteiger partial charge in [-0.25, -0.2) is 0 Å². The lowest BCUT2D eigenvalue weighted by atomic mass is 10.3. The molecular formula is C6H13NS2. The molecule has 0 aliphatic heterocycles. The van der Waals surface area contributed by atoms with Crippen molar-refractivity contribution in [1.82, 2.24) is 4.90 Å². The minimum atomic E-state index is 0.245. The van der Waals surface area contributed by atoms with E-state index in [-0.39, 0.29) is 5.25 Å². The Morgan fingerprint density at radius 3 is 2.22 bits per heavy atom. The summed E-state index contributed by atoms with van der Waals surface area (Å²) in [7, 11) is 3.89. The second kappa shape index (κ2) is 4.12. The molecule has 0 radical (unpaired) electrons. The van der Waals surface area contributed by atoms with Crippen LogP contribution in [-0.2, 0) is 0 Å². The molecule has 0 aromatic rings. The molecule has 0 N–H and O–H groups in total. The maximum Gasteiger partial charge on any atom is 0.0903 e. The predicted octanol–water partition coefficient (Wildman–Crippen LogP) is 1.58. The summed E-state index contributed by atoms with van der Waals surface area (Å²) in [5.74, 6) is 0.